The molecule has 0 radical (unpaired) electrons. The van der Waals surface area contributed by atoms with Gasteiger partial charge in [-0.05, 0) is 43.9 Å². The van der Waals surface area contributed by atoms with Gasteiger partial charge in [0.1, 0.15) is 5.82 Å². The van der Waals surface area contributed by atoms with Crippen LogP contribution in [0.3, 0.4) is 0 Å². The van der Waals surface area contributed by atoms with Gasteiger partial charge in [0, 0.05) is 44.1 Å². The first-order valence-corrected chi connectivity index (χ1v) is 11.7. The highest BCUT2D eigenvalue weighted by atomic mass is 19.1. The summed E-state index contributed by atoms with van der Waals surface area (Å²) in [6.45, 7) is 6.18. The van der Waals surface area contributed by atoms with E-state index >= 15 is 0 Å². The second kappa shape index (κ2) is 9.43. The van der Waals surface area contributed by atoms with Gasteiger partial charge in [-0.1, -0.05) is 53.2 Å². The average Bonchev–Trinajstić information content (AvgIpc) is 3.49. The maximum absolute atomic E-state index is 14.0. The molecule has 6 nitrogen and oxygen atoms in total. The Morgan fingerprint density at radius 3 is 2.61 bits per heavy atom. The molecule has 2 fully saturated rings. The Morgan fingerprint density at radius 2 is 1.85 bits per heavy atom. The van der Waals surface area contributed by atoms with Crippen LogP contribution in [0.5, 0.6) is 0 Å². The van der Waals surface area contributed by atoms with Gasteiger partial charge in [-0.15, -0.1) is 0 Å². The molecule has 3 aromatic rings. The van der Waals surface area contributed by atoms with Crippen LogP contribution in [-0.4, -0.2) is 58.6 Å². The van der Waals surface area contributed by atoms with E-state index in [-0.39, 0.29) is 23.6 Å². The zero-order valence-electron chi connectivity index (χ0n) is 18.9. The van der Waals surface area contributed by atoms with Gasteiger partial charge in [-0.3, -0.25) is 9.69 Å². The molecule has 0 spiro atoms. The van der Waals surface area contributed by atoms with E-state index in [0.29, 0.717) is 17.3 Å². The molecule has 5 rings (SSSR count). The van der Waals surface area contributed by atoms with Crippen molar-refractivity contribution in [3.8, 4) is 11.4 Å². The molecule has 0 bridgehead atoms. The molecule has 172 valence electrons. The highest BCUT2D eigenvalue weighted by Gasteiger charge is 2.47. The summed E-state index contributed by atoms with van der Waals surface area (Å²) in [6, 6.07) is 14.9. The maximum Gasteiger partial charge on any atom is 0.227 e. The van der Waals surface area contributed by atoms with Gasteiger partial charge >= 0.3 is 0 Å². The second-order valence-electron chi connectivity index (χ2n) is 9.12. The van der Waals surface area contributed by atoms with Gasteiger partial charge in [-0.25, -0.2) is 4.39 Å². The topological polar surface area (TPSA) is 62.5 Å². The molecule has 1 saturated carbocycles. The van der Waals surface area contributed by atoms with E-state index in [1.165, 1.54) is 11.6 Å². The minimum absolute atomic E-state index is 0.0379. The number of piperazine rings is 1. The van der Waals surface area contributed by atoms with Crippen LogP contribution in [-0.2, 0) is 11.2 Å². The first-order valence-electron chi connectivity index (χ1n) is 11.7. The third-order valence-electron chi connectivity index (χ3n) is 6.74. The zero-order chi connectivity index (χ0) is 22.8. The predicted octanol–water partition coefficient (Wildman–Crippen LogP) is 4.06. The maximum atomic E-state index is 14.0. The number of aryl methyl sites for hydroxylation is 2. The van der Waals surface area contributed by atoms with Gasteiger partial charge in [0.15, 0.2) is 0 Å². The molecule has 1 saturated heterocycles. The summed E-state index contributed by atoms with van der Waals surface area (Å²) in [5, 5.41) is 4.10. The van der Waals surface area contributed by atoms with Crippen LogP contribution < -0.4 is 0 Å². The number of carbonyl (C=O) groups excluding carboxylic acids is 1. The molecule has 0 N–H and O–H groups in total. The molecule has 1 aliphatic carbocycles. The molecule has 1 aromatic heterocycles. The highest BCUT2D eigenvalue weighted by molar-refractivity contribution is 5.83. The summed E-state index contributed by atoms with van der Waals surface area (Å²) >= 11 is 0. The van der Waals surface area contributed by atoms with E-state index in [4.69, 9.17) is 4.52 Å². The van der Waals surface area contributed by atoms with Crippen molar-refractivity contribution in [3.63, 3.8) is 0 Å². The lowest BCUT2D eigenvalue weighted by Gasteiger charge is -2.35. The SMILES string of the molecule is Cc1ccc(-c2noc(CCCN3CCN(C(=O)C4CC4c4ccccc4F)CC3)n2)cc1. The molecule has 2 aromatic carbocycles. The molecule has 2 unspecified atom stereocenters. The zero-order valence-corrected chi connectivity index (χ0v) is 18.9. The number of rotatable bonds is 7. The Labute approximate surface area is 193 Å². The molecule has 33 heavy (non-hydrogen) atoms. The summed E-state index contributed by atoms with van der Waals surface area (Å²) in [4.78, 5) is 21.7. The number of halogens is 1. The monoisotopic (exact) mass is 448 g/mol. The van der Waals surface area contributed by atoms with Crippen LogP contribution in [0.2, 0.25) is 0 Å². The number of hydrogen-bond donors (Lipinski definition) is 0. The van der Waals surface area contributed by atoms with Gasteiger partial charge in [0.05, 0.1) is 0 Å². The molecule has 1 amide bonds. The van der Waals surface area contributed by atoms with Gasteiger partial charge in [0.2, 0.25) is 17.6 Å². The van der Waals surface area contributed by atoms with Crippen molar-refractivity contribution in [2.24, 2.45) is 5.92 Å². The summed E-state index contributed by atoms with van der Waals surface area (Å²) in [5.74, 6) is 1.25. The van der Waals surface area contributed by atoms with Gasteiger partial charge < -0.3 is 9.42 Å². The fourth-order valence-electron chi connectivity index (χ4n) is 4.64. The molecule has 2 atom stereocenters. The standard InChI is InChI=1S/C26H29FN4O2/c1-18-8-10-19(11-9-18)25-28-24(33-29-25)7-4-12-30-13-15-31(16-14-30)26(32)22-17-21(22)20-5-2-3-6-23(20)27/h2-3,5-6,8-11,21-22H,4,7,12-17H2,1H3. The highest BCUT2D eigenvalue weighted by Crippen LogP contribution is 2.49. The Balaban J connectivity index is 1.04. The van der Waals surface area contributed by atoms with E-state index in [1.54, 1.807) is 12.1 Å². The third kappa shape index (κ3) is 4.98. The van der Waals surface area contributed by atoms with Crippen molar-refractivity contribution in [1.29, 1.82) is 0 Å². The van der Waals surface area contributed by atoms with E-state index in [2.05, 4.69) is 22.0 Å². The van der Waals surface area contributed by atoms with Crippen molar-refractivity contribution >= 4 is 5.91 Å². The van der Waals surface area contributed by atoms with E-state index < -0.39 is 0 Å². The number of aromatic nitrogens is 2. The molecule has 7 heteroatoms. The lowest BCUT2D eigenvalue weighted by Crippen LogP contribution is -2.49. The average molecular weight is 449 g/mol. The Hall–Kier alpha value is -3.06. The first-order chi connectivity index (χ1) is 16.1. The largest absolute Gasteiger partial charge is 0.340 e. The summed E-state index contributed by atoms with van der Waals surface area (Å²) in [6.07, 6.45) is 2.43. The second-order valence-corrected chi connectivity index (χ2v) is 9.12. The number of amides is 1. The van der Waals surface area contributed by atoms with Crippen LogP contribution in [0.1, 0.15) is 35.8 Å². The number of carbonyl (C=O) groups is 1. The van der Waals surface area contributed by atoms with E-state index in [1.807, 2.05) is 35.2 Å². The number of hydrogen-bond acceptors (Lipinski definition) is 5. The van der Waals surface area contributed by atoms with Crippen LogP contribution >= 0.6 is 0 Å². The van der Waals surface area contributed by atoms with Gasteiger partial charge in [0.25, 0.3) is 0 Å². The van der Waals surface area contributed by atoms with Crippen molar-refractivity contribution in [2.75, 3.05) is 32.7 Å². The predicted molar refractivity (Wildman–Crippen MR) is 123 cm³/mol. The van der Waals surface area contributed by atoms with Crippen LogP contribution in [0.4, 0.5) is 4.39 Å². The van der Waals surface area contributed by atoms with Crippen LogP contribution in [0.25, 0.3) is 11.4 Å². The normalized spacial score (nSPS) is 20.7. The van der Waals surface area contributed by atoms with Crippen molar-refractivity contribution in [3.05, 3.63) is 71.4 Å². The Morgan fingerprint density at radius 1 is 1.09 bits per heavy atom. The van der Waals surface area contributed by atoms with Gasteiger partial charge in [-0.2, -0.15) is 4.98 Å². The van der Waals surface area contributed by atoms with Crippen LogP contribution in [0.15, 0.2) is 53.1 Å². The lowest BCUT2D eigenvalue weighted by molar-refractivity contribution is -0.134. The van der Waals surface area contributed by atoms with E-state index in [9.17, 15) is 9.18 Å². The minimum Gasteiger partial charge on any atom is -0.340 e. The summed E-state index contributed by atoms with van der Waals surface area (Å²) < 4.78 is 19.4. The number of nitrogens with zero attached hydrogens (tertiary/aromatic N) is 4. The lowest BCUT2D eigenvalue weighted by atomic mass is 10.1. The van der Waals surface area contributed by atoms with Crippen LogP contribution in [0, 0.1) is 18.7 Å². The molecule has 1 aliphatic heterocycles. The molecular weight excluding hydrogens is 419 g/mol. The first kappa shape index (κ1) is 21.8. The Bertz CT molecular complexity index is 1110. The summed E-state index contributed by atoms with van der Waals surface area (Å²) in [5.41, 5.74) is 2.84. The van der Waals surface area contributed by atoms with Crippen molar-refractivity contribution < 1.29 is 13.7 Å². The molecule has 2 aliphatic rings. The van der Waals surface area contributed by atoms with Crippen molar-refractivity contribution in [2.45, 2.75) is 32.1 Å². The molecular formula is C26H29FN4O2. The quantitative estimate of drug-likeness (QED) is 0.545. The number of benzene rings is 2. The minimum atomic E-state index is -0.199. The third-order valence-corrected chi connectivity index (χ3v) is 6.74. The smallest absolute Gasteiger partial charge is 0.227 e. The van der Waals surface area contributed by atoms with Crippen molar-refractivity contribution in [1.82, 2.24) is 19.9 Å². The molecule has 2 heterocycles. The summed E-state index contributed by atoms with van der Waals surface area (Å²) in [7, 11) is 0. The fraction of sp³-hybridized carbons (Fsp3) is 0.423. The fourth-order valence-corrected chi connectivity index (χ4v) is 4.64. The Kier molecular flexibility index (Phi) is 6.22. The van der Waals surface area contributed by atoms with E-state index in [0.717, 1.165) is 57.5 Å².